The molecule has 2 heterocycles. The molecular formula is C25H41N3O6SSi. The summed E-state index contributed by atoms with van der Waals surface area (Å²) in [5.41, 5.74) is 1.94. The normalized spacial score (nSPS) is 23.8. The predicted molar refractivity (Wildman–Crippen MR) is 140 cm³/mol. The third-order valence-corrected chi connectivity index (χ3v) is 18.1. The van der Waals surface area contributed by atoms with E-state index in [2.05, 4.69) is 46.6 Å². The lowest BCUT2D eigenvalue weighted by Crippen LogP contribution is -2.56. The minimum Gasteiger partial charge on any atom is -0.476 e. The molecule has 0 saturated heterocycles. The second-order valence-corrected chi connectivity index (χ2v) is 20.0. The highest BCUT2D eigenvalue weighted by Gasteiger charge is 2.61. The number of hydrogen-bond donors (Lipinski definition) is 1. The third kappa shape index (κ3) is 4.15. The van der Waals surface area contributed by atoms with Gasteiger partial charge in [-0.2, -0.15) is 5.10 Å². The second-order valence-electron chi connectivity index (χ2n) is 12.0. The minimum atomic E-state index is -3.43. The number of carbonyl (C=O) groups is 2. The molecule has 36 heavy (non-hydrogen) atoms. The number of fused-ring (bicyclic) bond motifs is 1. The van der Waals surface area contributed by atoms with Crippen molar-refractivity contribution in [2.45, 2.75) is 106 Å². The number of carboxylic acids is 1. The molecule has 1 aromatic rings. The van der Waals surface area contributed by atoms with Crippen molar-refractivity contribution in [3.8, 4) is 0 Å². The Labute approximate surface area is 215 Å². The van der Waals surface area contributed by atoms with Crippen LogP contribution in [0, 0.1) is 0 Å². The molecule has 3 aliphatic rings. The van der Waals surface area contributed by atoms with Gasteiger partial charge in [0.15, 0.2) is 15.5 Å². The molecule has 1 amide bonds. The molecule has 2 aliphatic carbocycles. The van der Waals surface area contributed by atoms with Crippen LogP contribution in [0.25, 0.3) is 0 Å². The molecule has 1 N–H and O–H groups in total. The van der Waals surface area contributed by atoms with Gasteiger partial charge in [0.2, 0.25) is 8.32 Å². The zero-order valence-corrected chi connectivity index (χ0v) is 24.4. The van der Waals surface area contributed by atoms with E-state index in [1.54, 1.807) is 11.9 Å². The lowest BCUT2D eigenvalue weighted by Gasteiger charge is -2.48. The average molecular weight is 540 g/mol. The van der Waals surface area contributed by atoms with Crippen LogP contribution in [-0.4, -0.2) is 77.6 Å². The maximum atomic E-state index is 13.7. The first-order valence-electron chi connectivity index (χ1n) is 13.2. The fourth-order valence-corrected chi connectivity index (χ4v) is 15.1. The van der Waals surface area contributed by atoms with Crippen LogP contribution in [0.5, 0.6) is 0 Å². The number of sulfone groups is 1. The molecule has 0 atom stereocenters. The van der Waals surface area contributed by atoms with E-state index in [1.165, 1.54) is 4.68 Å². The van der Waals surface area contributed by atoms with E-state index in [0.29, 0.717) is 60.8 Å². The fraction of sp³-hybridized carbons (Fsp3) is 0.800. The van der Waals surface area contributed by atoms with Crippen molar-refractivity contribution in [2.75, 3.05) is 13.1 Å². The molecule has 1 aliphatic heterocycles. The molecule has 202 valence electrons. The Morgan fingerprint density at radius 2 is 1.69 bits per heavy atom. The van der Waals surface area contributed by atoms with Crippen LogP contribution in [-0.2, 0) is 27.7 Å². The number of nitrogens with zero attached hydrogens (tertiary/aromatic N) is 3. The van der Waals surface area contributed by atoms with Crippen molar-refractivity contribution >= 4 is 30.0 Å². The summed E-state index contributed by atoms with van der Waals surface area (Å²) in [6.07, 6.45) is 2.53. The Kier molecular flexibility index (Phi) is 7.01. The standard InChI is InChI=1S/C25H41N3O6SSi/c1-15(2)36(16(3)4,17(5)6)34-18-12-19(13-18)35(32,33)25(9-10-25)14-28-11-8-20-21(24(30)31)26-27(7)22(20)23(28)29/h15-19H,8-14H2,1-7H3,(H,30,31)/t18-,19+. The molecule has 4 rings (SSSR count). The second kappa shape index (κ2) is 9.23. The number of rotatable bonds is 10. The summed E-state index contributed by atoms with van der Waals surface area (Å²) >= 11 is 0. The molecule has 9 nitrogen and oxygen atoms in total. The van der Waals surface area contributed by atoms with E-state index in [1.807, 2.05) is 0 Å². The first-order chi connectivity index (χ1) is 16.7. The smallest absolute Gasteiger partial charge is 0.356 e. The van der Waals surface area contributed by atoms with Gasteiger partial charge in [-0.05, 0) is 48.7 Å². The summed E-state index contributed by atoms with van der Waals surface area (Å²) in [5.74, 6) is -1.49. The molecular weight excluding hydrogens is 498 g/mol. The number of carbonyl (C=O) groups excluding carboxylic acids is 1. The van der Waals surface area contributed by atoms with Crippen LogP contribution in [0.4, 0.5) is 0 Å². The first-order valence-corrected chi connectivity index (χ1v) is 16.9. The van der Waals surface area contributed by atoms with Gasteiger partial charge >= 0.3 is 5.97 Å². The zero-order valence-electron chi connectivity index (χ0n) is 22.6. The SMILES string of the molecule is CC(C)[Si](O[C@H]1C[C@@H](S(=O)(=O)C2(CN3CCc4c(C(=O)O)nn(C)c4C3=O)CC2)C1)(C(C)C)C(C)C. The molecule has 2 saturated carbocycles. The molecule has 0 aromatic carbocycles. The highest BCUT2D eigenvalue weighted by molar-refractivity contribution is 7.93. The van der Waals surface area contributed by atoms with Crippen molar-refractivity contribution in [1.82, 2.24) is 14.7 Å². The molecule has 0 spiro atoms. The van der Waals surface area contributed by atoms with Crippen LogP contribution in [0.15, 0.2) is 0 Å². The van der Waals surface area contributed by atoms with E-state index in [9.17, 15) is 23.1 Å². The monoisotopic (exact) mass is 539 g/mol. The zero-order chi connectivity index (χ0) is 26.8. The van der Waals surface area contributed by atoms with E-state index in [-0.39, 0.29) is 29.9 Å². The lowest BCUT2D eigenvalue weighted by molar-refractivity contribution is 0.0688. The van der Waals surface area contributed by atoms with Crippen LogP contribution in [0.1, 0.15) is 93.8 Å². The highest BCUT2D eigenvalue weighted by atomic mass is 32.2. The average Bonchev–Trinajstić information content (AvgIpc) is 3.45. The molecule has 0 bridgehead atoms. The van der Waals surface area contributed by atoms with Crippen LogP contribution in [0.2, 0.25) is 16.6 Å². The Hall–Kier alpha value is -1.72. The largest absolute Gasteiger partial charge is 0.476 e. The fourth-order valence-electron chi connectivity index (χ4n) is 6.83. The third-order valence-electron chi connectivity index (χ3n) is 8.93. The summed E-state index contributed by atoms with van der Waals surface area (Å²) in [6.45, 7) is 13.9. The summed E-state index contributed by atoms with van der Waals surface area (Å²) < 4.78 is 34.7. The molecule has 2 fully saturated rings. The number of carboxylic acid groups (broad SMARTS) is 1. The van der Waals surface area contributed by atoms with Crippen LogP contribution < -0.4 is 0 Å². The van der Waals surface area contributed by atoms with E-state index >= 15 is 0 Å². The van der Waals surface area contributed by atoms with Gasteiger partial charge in [0, 0.05) is 31.8 Å². The van der Waals surface area contributed by atoms with Crippen molar-refractivity contribution in [2.24, 2.45) is 7.05 Å². The van der Waals surface area contributed by atoms with Crippen LogP contribution >= 0.6 is 0 Å². The number of aromatic carboxylic acids is 1. The van der Waals surface area contributed by atoms with Crippen LogP contribution in [0.3, 0.4) is 0 Å². The minimum absolute atomic E-state index is 0.0116. The Balaban J connectivity index is 1.45. The summed E-state index contributed by atoms with van der Waals surface area (Å²) in [7, 11) is -3.94. The molecule has 11 heteroatoms. The van der Waals surface area contributed by atoms with Gasteiger partial charge in [-0.3, -0.25) is 9.48 Å². The number of aryl methyl sites for hydroxylation is 1. The topological polar surface area (TPSA) is 119 Å². The summed E-state index contributed by atoms with van der Waals surface area (Å²) in [5, 5.41) is 13.0. The molecule has 0 unspecified atom stereocenters. The summed E-state index contributed by atoms with van der Waals surface area (Å²) in [4.78, 5) is 26.3. The van der Waals surface area contributed by atoms with Crippen molar-refractivity contribution in [3.05, 3.63) is 17.0 Å². The van der Waals surface area contributed by atoms with Gasteiger partial charge < -0.3 is 14.4 Å². The van der Waals surface area contributed by atoms with Gasteiger partial charge in [0.25, 0.3) is 5.91 Å². The van der Waals surface area contributed by atoms with Crippen molar-refractivity contribution < 1.29 is 27.5 Å². The van der Waals surface area contributed by atoms with Crippen molar-refractivity contribution in [3.63, 3.8) is 0 Å². The quantitative estimate of drug-likeness (QED) is 0.449. The Bertz CT molecular complexity index is 1130. The molecule has 0 radical (unpaired) electrons. The maximum Gasteiger partial charge on any atom is 0.356 e. The lowest BCUT2D eigenvalue weighted by atomic mass is 9.96. The first kappa shape index (κ1) is 27.3. The van der Waals surface area contributed by atoms with E-state index in [0.717, 1.165) is 0 Å². The van der Waals surface area contributed by atoms with Gasteiger partial charge in [-0.1, -0.05) is 41.5 Å². The maximum absolute atomic E-state index is 13.7. The van der Waals surface area contributed by atoms with Gasteiger partial charge in [0.05, 0.1) is 10.00 Å². The Morgan fingerprint density at radius 1 is 1.14 bits per heavy atom. The van der Waals surface area contributed by atoms with E-state index in [4.69, 9.17) is 4.43 Å². The van der Waals surface area contributed by atoms with E-state index < -0.39 is 34.1 Å². The highest BCUT2D eigenvalue weighted by Crippen LogP contribution is 2.52. The van der Waals surface area contributed by atoms with Gasteiger partial charge in [-0.25, -0.2) is 13.2 Å². The number of aromatic nitrogens is 2. The summed E-state index contributed by atoms with van der Waals surface area (Å²) in [6, 6.07) is 0. The van der Waals surface area contributed by atoms with Gasteiger partial charge in [-0.15, -0.1) is 0 Å². The van der Waals surface area contributed by atoms with Gasteiger partial charge in [0.1, 0.15) is 5.69 Å². The number of hydrogen-bond acceptors (Lipinski definition) is 6. The number of amides is 1. The predicted octanol–water partition coefficient (Wildman–Crippen LogP) is 3.79. The Morgan fingerprint density at radius 3 is 2.17 bits per heavy atom. The molecule has 1 aromatic heterocycles. The van der Waals surface area contributed by atoms with Crippen molar-refractivity contribution in [1.29, 1.82) is 0 Å².